The third kappa shape index (κ3) is 2.72. The number of aromatic nitrogens is 1. The maximum absolute atomic E-state index is 12.4. The summed E-state index contributed by atoms with van der Waals surface area (Å²) in [4.78, 5) is 15.4. The molecule has 1 heterocycles. The van der Waals surface area contributed by atoms with Crippen LogP contribution in [0.2, 0.25) is 0 Å². The third-order valence-corrected chi connectivity index (χ3v) is 4.14. The molecule has 0 atom stereocenters. The lowest BCUT2D eigenvalue weighted by Crippen LogP contribution is -2.17. The van der Waals surface area contributed by atoms with Crippen molar-refractivity contribution in [3.63, 3.8) is 0 Å². The monoisotopic (exact) mass is 329 g/mol. The first kappa shape index (κ1) is 15.0. The molecular weight excluding hydrogens is 314 g/mol. The predicted molar refractivity (Wildman–Crippen MR) is 99.0 cm³/mol. The van der Waals surface area contributed by atoms with Crippen molar-refractivity contribution in [3.05, 3.63) is 78.0 Å². The van der Waals surface area contributed by atoms with E-state index in [1.807, 2.05) is 54.6 Å². The summed E-state index contributed by atoms with van der Waals surface area (Å²) in [6.07, 6.45) is 3.12. The summed E-state index contributed by atoms with van der Waals surface area (Å²) < 4.78 is 0. The number of phenols is 1. The van der Waals surface area contributed by atoms with E-state index < -0.39 is 0 Å². The van der Waals surface area contributed by atoms with Crippen molar-refractivity contribution in [3.8, 4) is 5.75 Å². The van der Waals surface area contributed by atoms with Gasteiger partial charge in [-0.15, -0.1) is 0 Å². The zero-order valence-electron chi connectivity index (χ0n) is 13.2. The fraction of sp³-hybridized carbons (Fsp3) is 0. The van der Waals surface area contributed by atoms with Crippen molar-refractivity contribution < 1.29 is 9.90 Å². The van der Waals surface area contributed by atoms with E-state index in [2.05, 4.69) is 15.5 Å². The number of hydrazone groups is 1. The molecule has 0 fully saturated rings. The number of aromatic amines is 1. The van der Waals surface area contributed by atoms with Crippen molar-refractivity contribution in [2.75, 3.05) is 0 Å². The molecule has 0 saturated carbocycles. The van der Waals surface area contributed by atoms with Crippen molar-refractivity contribution in [2.24, 2.45) is 5.10 Å². The lowest BCUT2D eigenvalue weighted by molar-refractivity contribution is 0.0957. The van der Waals surface area contributed by atoms with E-state index in [9.17, 15) is 9.90 Å². The van der Waals surface area contributed by atoms with Gasteiger partial charge in [-0.1, -0.05) is 48.5 Å². The molecule has 5 nitrogen and oxygen atoms in total. The number of rotatable bonds is 3. The molecule has 0 aliphatic heterocycles. The first-order chi connectivity index (χ1) is 12.2. The van der Waals surface area contributed by atoms with Gasteiger partial charge in [0.2, 0.25) is 0 Å². The van der Waals surface area contributed by atoms with Crippen LogP contribution in [-0.4, -0.2) is 22.2 Å². The molecule has 3 aromatic carbocycles. The normalized spacial score (nSPS) is 11.4. The number of benzene rings is 3. The maximum Gasteiger partial charge on any atom is 0.273 e. The summed E-state index contributed by atoms with van der Waals surface area (Å²) in [5.74, 6) is -0.197. The Bertz CT molecular complexity index is 1110. The summed E-state index contributed by atoms with van der Waals surface area (Å²) in [6.45, 7) is 0. The molecule has 0 spiro atoms. The Kier molecular flexibility index (Phi) is 3.67. The molecule has 5 heteroatoms. The highest BCUT2D eigenvalue weighted by Gasteiger charge is 2.11. The molecule has 0 radical (unpaired) electrons. The van der Waals surface area contributed by atoms with Gasteiger partial charge in [-0.05, 0) is 22.9 Å². The largest absolute Gasteiger partial charge is 0.507 e. The molecule has 3 N–H and O–H groups in total. The molecule has 25 heavy (non-hydrogen) atoms. The summed E-state index contributed by atoms with van der Waals surface area (Å²) >= 11 is 0. The lowest BCUT2D eigenvalue weighted by Gasteiger charge is -2.04. The van der Waals surface area contributed by atoms with Gasteiger partial charge in [0, 0.05) is 22.7 Å². The highest BCUT2D eigenvalue weighted by molar-refractivity contribution is 6.07. The second kappa shape index (κ2) is 6.13. The highest BCUT2D eigenvalue weighted by Crippen LogP contribution is 2.25. The molecular formula is C20H15N3O2. The van der Waals surface area contributed by atoms with E-state index in [1.54, 1.807) is 12.3 Å². The Labute approximate surface area is 143 Å². The highest BCUT2D eigenvalue weighted by atomic mass is 16.3. The van der Waals surface area contributed by atoms with E-state index in [0.29, 0.717) is 11.1 Å². The number of carbonyl (C=O) groups excluding carboxylic acids is 1. The molecule has 1 aromatic heterocycles. The van der Waals surface area contributed by atoms with Crippen LogP contribution >= 0.6 is 0 Å². The zero-order chi connectivity index (χ0) is 17.2. The molecule has 4 aromatic rings. The Balaban J connectivity index is 1.61. The standard InChI is InChI=1S/C20H15N3O2/c24-19-10-9-13-5-1-2-6-14(13)16(19)12-22-23-20(25)17-11-21-18-8-4-3-7-15(17)18/h1-12,21,24H,(H,23,25)/b22-12+. The van der Waals surface area contributed by atoms with Crippen LogP contribution in [0.15, 0.2) is 72.0 Å². The summed E-state index contributed by atoms with van der Waals surface area (Å²) in [7, 11) is 0. The topological polar surface area (TPSA) is 77.5 Å². The van der Waals surface area contributed by atoms with E-state index in [4.69, 9.17) is 0 Å². The minimum Gasteiger partial charge on any atom is -0.507 e. The summed E-state index contributed by atoms with van der Waals surface area (Å²) in [5, 5.41) is 16.8. The van der Waals surface area contributed by atoms with Crippen LogP contribution in [0.25, 0.3) is 21.7 Å². The summed E-state index contributed by atoms with van der Waals surface area (Å²) in [6, 6.07) is 18.7. The fourth-order valence-corrected chi connectivity index (χ4v) is 2.89. The van der Waals surface area contributed by atoms with Crippen LogP contribution < -0.4 is 5.43 Å². The van der Waals surface area contributed by atoms with E-state index in [-0.39, 0.29) is 11.7 Å². The molecule has 0 aliphatic rings. The van der Waals surface area contributed by atoms with Gasteiger partial charge in [0.15, 0.2) is 0 Å². The molecule has 0 unspecified atom stereocenters. The zero-order valence-corrected chi connectivity index (χ0v) is 13.2. The van der Waals surface area contributed by atoms with Crippen molar-refractivity contribution in [1.29, 1.82) is 0 Å². The number of amides is 1. The number of fused-ring (bicyclic) bond motifs is 2. The van der Waals surface area contributed by atoms with Crippen LogP contribution in [0.5, 0.6) is 5.75 Å². The average Bonchev–Trinajstić information content (AvgIpc) is 3.07. The Morgan fingerprint density at radius 1 is 1.00 bits per heavy atom. The number of nitrogens with one attached hydrogen (secondary N) is 2. The fourth-order valence-electron chi connectivity index (χ4n) is 2.89. The van der Waals surface area contributed by atoms with Gasteiger partial charge in [-0.25, -0.2) is 5.43 Å². The number of aromatic hydroxyl groups is 1. The van der Waals surface area contributed by atoms with Crippen LogP contribution in [0.3, 0.4) is 0 Å². The van der Waals surface area contributed by atoms with Crippen LogP contribution in [0.4, 0.5) is 0 Å². The first-order valence-corrected chi connectivity index (χ1v) is 7.84. The van der Waals surface area contributed by atoms with Gasteiger partial charge < -0.3 is 10.1 Å². The van der Waals surface area contributed by atoms with Gasteiger partial charge in [0.05, 0.1) is 11.8 Å². The Morgan fingerprint density at radius 2 is 1.76 bits per heavy atom. The molecule has 0 bridgehead atoms. The maximum atomic E-state index is 12.4. The second-order valence-corrected chi connectivity index (χ2v) is 5.67. The summed E-state index contributed by atoms with van der Waals surface area (Å²) in [5.41, 5.74) is 4.50. The van der Waals surface area contributed by atoms with Crippen molar-refractivity contribution in [2.45, 2.75) is 0 Å². The number of H-pyrrole nitrogens is 1. The number of hydrogen-bond acceptors (Lipinski definition) is 3. The van der Waals surface area contributed by atoms with Gasteiger partial charge in [-0.2, -0.15) is 5.10 Å². The predicted octanol–water partition coefficient (Wildman–Crippen LogP) is 3.79. The minimum absolute atomic E-state index is 0.115. The molecule has 4 rings (SSSR count). The van der Waals surface area contributed by atoms with Crippen molar-refractivity contribution in [1.82, 2.24) is 10.4 Å². The minimum atomic E-state index is -0.312. The number of nitrogens with zero attached hydrogens (tertiary/aromatic N) is 1. The van der Waals surface area contributed by atoms with Crippen molar-refractivity contribution >= 4 is 33.8 Å². The average molecular weight is 329 g/mol. The van der Waals surface area contributed by atoms with E-state index >= 15 is 0 Å². The molecule has 0 aliphatic carbocycles. The lowest BCUT2D eigenvalue weighted by atomic mass is 10.0. The number of phenolic OH excluding ortho intramolecular Hbond substituents is 1. The van der Waals surface area contributed by atoms with Crippen LogP contribution in [0.1, 0.15) is 15.9 Å². The first-order valence-electron chi connectivity index (χ1n) is 7.84. The van der Waals surface area contributed by atoms with Gasteiger partial charge in [0.25, 0.3) is 5.91 Å². The number of carbonyl (C=O) groups is 1. The quantitative estimate of drug-likeness (QED) is 0.395. The number of para-hydroxylation sites is 1. The molecule has 1 amide bonds. The van der Waals surface area contributed by atoms with Gasteiger partial charge in [-0.3, -0.25) is 4.79 Å². The van der Waals surface area contributed by atoms with Gasteiger partial charge in [0.1, 0.15) is 5.75 Å². The van der Waals surface area contributed by atoms with Crippen LogP contribution in [0, 0.1) is 0 Å². The Morgan fingerprint density at radius 3 is 2.64 bits per heavy atom. The smallest absolute Gasteiger partial charge is 0.273 e. The molecule has 122 valence electrons. The Hall–Kier alpha value is -3.60. The van der Waals surface area contributed by atoms with E-state index in [1.165, 1.54) is 6.21 Å². The molecule has 0 saturated heterocycles. The SMILES string of the molecule is O=C(N/N=C/c1c(O)ccc2ccccc12)c1c[nH]c2ccccc12. The third-order valence-electron chi connectivity index (χ3n) is 4.14. The van der Waals surface area contributed by atoms with E-state index in [0.717, 1.165) is 21.7 Å². The second-order valence-electron chi connectivity index (χ2n) is 5.67. The van der Waals surface area contributed by atoms with Gasteiger partial charge >= 0.3 is 0 Å². The number of hydrogen-bond donors (Lipinski definition) is 3. The van der Waals surface area contributed by atoms with Crippen LogP contribution in [-0.2, 0) is 0 Å².